The second-order valence-electron chi connectivity index (χ2n) is 8.73. The average Bonchev–Trinajstić information content (AvgIpc) is 3.06. The van der Waals surface area contributed by atoms with E-state index >= 15 is 0 Å². The van der Waals surface area contributed by atoms with E-state index in [-0.39, 0.29) is 0 Å². The number of pyridine rings is 6. The molecular weight excluding hydrogens is 582 g/mol. The molecule has 0 aliphatic heterocycles. The Labute approximate surface area is 257 Å². The van der Waals surface area contributed by atoms with E-state index in [1.54, 1.807) is 37.2 Å². The topological polar surface area (TPSA) is 193 Å². The molecule has 11 nitrogen and oxygen atoms in total. The highest BCUT2D eigenvalue weighted by molar-refractivity contribution is 5.55. The Hall–Kier alpha value is -5.01. The number of rotatable bonds is 4. The van der Waals surface area contributed by atoms with Gasteiger partial charge in [-0.25, -0.2) is 0 Å². The molecule has 0 atom stereocenters. The van der Waals surface area contributed by atoms with Gasteiger partial charge in [0.05, 0.1) is 49.1 Å². The minimum atomic E-state index is -4.69. The lowest BCUT2D eigenvalue weighted by atomic mass is 10.1. The lowest BCUT2D eigenvalue weighted by Crippen LogP contribution is -2.58. The predicted molar refractivity (Wildman–Crippen MR) is 157 cm³/mol. The largest absolute Gasteiger partial charge is 0.326 e. The van der Waals surface area contributed by atoms with Gasteiger partial charge in [-0.3, -0.25) is 29.9 Å². The van der Waals surface area contributed by atoms with E-state index in [1.807, 2.05) is 104 Å². The van der Waals surface area contributed by atoms with Crippen LogP contribution in [-0.2, 0) is 6.54 Å². The van der Waals surface area contributed by atoms with Gasteiger partial charge in [0.25, 0.3) is 0 Å². The summed E-state index contributed by atoms with van der Waals surface area (Å²) in [7, 11) is -4.69. The van der Waals surface area contributed by atoms with E-state index in [4.69, 9.17) is 24.4 Å². The van der Waals surface area contributed by atoms with Gasteiger partial charge in [0.1, 0.15) is 0 Å². The maximum Gasteiger partial charge on any atom is 0.0889 e. The molecule has 6 aromatic rings. The summed E-state index contributed by atoms with van der Waals surface area (Å²) in [5.74, 6) is 0. The van der Waals surface area contributed by atoms with Gasteiger partial charge in [-0.1, -0.05) is 24.3 Å². The standard InChI is InChI=1S/C12H13N3.2C10H8N2.ClHO4/c1-9-2-4-14-11(6-9)12-7-10(8-13)3-5-15-12;2*1-3-7-11-9(5-1)10-6-2-4-8-12-10;2-1(3,4)5/h2-7H,8,13H2,1H3;2*1-8H;(H,2,3,4,5). The maximum absolute atomic E-state index is 8.60. The van der Waals surface area contributed by atoms with Crippen LogP contribution in [0.2, 0.25) is 0 Å². The Morgan fingerprint density at radius 3 is 1.18 bits per heavy atom. The highest BCUT2D eigenvalue weighted by Gasteiger charge is 2.02. The van der Waals surface area contributed by atoms with Crippen molar-refractivity contribution in [2.45, 2.75) is 13.5 Å². The molecule has 0 aliphatic rings. The molecule has 6 heterocycles. The summed E-state index contributed by atoms with van der Waals surface area (Å²) < 4.78 is 32.7. The molecule has 0 amide bonds. The molecule has 0 fully saturated rings. The number of nitrogens with zero attached hydrogens (tertiary/aromatic N) is 6. The van der Waals surface area contributed by atoms with E-state index in [0.29, 0.717) is 6.54 Å². The van der Waals surface area contributed by atoms with Crippen LogP contribution in [0.4, 0.5) is 0 Å². The number of hydrogen-bond acceptors (Lipinski definition) is 11. The van der Waals surface area contributed by atoms with Crippen LogP contribution in [0.25, 0.3) is 34.2 Å². The lowest BCUT2D eigenvalue weighted by Gasteiger charge is -2.03. The van der Waals surface area contributed by atoms with Crippen LogP contribution >= 0.6 is 0 Å². The van der Waals surface area contributed by atoms with Crippen LogP contribution in [-0.4, -0.2) is 34.6 Å². The molecule has 0 spiro atoms. The molecular formula is C32H30ClN7O4. The summed E-state index contributed by atoms with van der Waals surface area (Å²) in [6, 6.07) is 31.1. The molecule has 3 N–H and O–H groups in total. The Balaban J connectivity index is 0.000000169. The highest BCUT2D eigenvalue weighted by atomic mass is 35.7. The summed E-state index contributed by atoms with van der Waals surface area (Å²) in [6.07, 6.45) is 10.6. The van der Waals surface area contributed by atoms with Crippen molar-refractivity contribution in [3.8, 4) is 34.2 Å². The predicted octanol–water partition coefficient (Wildman–Crippen LogP) is 2.07. The van der Waals surface area contributed by atoms with Crippen molar-refractivity contribution in [3.63, 3.8) is 0 Å². The third-order valence-corrected chi connectivity index (χ3v) is 5.42. The van der Waals surface area contributed by atoms with E-state index in [2.05, 4.69) is 29.9 Å². The SMILES string of the molecule is Cc1ccnc(-c2cc(CN)ccn2)c1.[O-][Cl+3]([O-])([O-])O.c1ccc(-c2ccccn2)nc1.c1ccc(-c2ccccn2)nc1. The van der Waals surface area contributed by atoms with Crippen molar-refractivity contribution in [2.75, 3.05) is 0 Å². The number of hydrogen-bond donors (Lipinski definition) is 2. The van der Waals surface area contributed by atoms with E-state index < -0.39 is 10.2 Å². The van der Waals surface area contributed by atoms with Crippen LogP contribution < -0.4 is 19.7 Å². The first-order chi connectivity index (χ1) is 21.2. The monoisotopic (exact) mass is 611 g/mol. The minimum absolute atomic E-state index is 0.529. The zero-order valence-corrected chi connectivity index (χ0v) is 24.5. The number of aromatic nitrogens is 6. The van der Waals surface area contributed by atoms with Crippen molar-refractivity contribution in [2.24, 2.45) is 5.73 Å². The zero-order valence-electron chi connectivity index (χ0n) is 23.7. The summed E-state index contributed by atoms with van der Waals surface area (Å²) in [4.78, 5) is 25.3. The third kappa shape index (κ3) is 12.9. The Bertz CT molecular complexity index is 1490. The smallest absolute Gasteiger partial charge is 0.0889 e. The van der Waals surface area contributed by atoms with Crippen molar-refractivity contribution < 1.29 is 28.9 Å². The number of aryl methyl sites for hydroxylation is 1. The van der Waals surface area contributed by atoms with Gasteiger partial charge < -0.3 is 5.73 Å². The summed E-state index contributed by atoms with van der Waals surface area (Å²) in [5.41, 5.74) is 13.3. The fraction of sp³-hybridized carbons (Fsp3) is 0.0625. The molecule has 0 saturated carbocycles. The van der Waals surface area contributed by atoms with Gasteiger partial charge in [0, 0.05) is 43.7 Å². The summed E-state index contributed by atoms with van der Waals surface area (Å²) >= 11 is 0. The second-order valence-corrected chi connectivity index (χ2v) is 9.52. The van der Waals surface area contributed by atoms with Gasteiger partial charge in [-0.05, 0) is 90.8 Å². The fourth-order valence-corrected chi connectivity index (χ4v) is 3.47. The quantitative estimate of drug-likeness (QED) is 0.296. The fourth-order valence-electron chi connectivity index (χ4n) is 3.47. The third-order valence-electron chi connectivity index (χ3n) is 5.42. The molecule has 0 bridgehead atoms. The van der Waals surface area contributed by atoms with Gasteiger partial charge in [-0.2, -0.15) is 14.0 Å². The second kappa shape index (κ2) is 17.8. The molecule has 0 saturated heterocycles. The number of halogens is 1. The zero-order chi connectivity index (χ0) is 31.6. The first-order valence-electron chi connectivity index (χ1n) is 13.1. The molecule has 0 aromatic carbocycles. The molecule has 0 radical (unpaired) electrons. The normalized spacial score (nSPS) is 10.1. The molecule has 12 heteroatoms. The van der Waals surface area contributed by atoms with E-state index in [1.165, 1.54) is 5.56 Å². The van der Waals surface area contributed by atoms with Crippen LogP contribution in [0.3, 0.4) is 0 Å². The lowest BCUT2D eigenvalue weighted by molar-refractivity contribution is -1.92. The Morgan fingerprint density at radius 2 is 0.864 bits per heavy atom. The van der Waals surface area contributed by atoms with Crippen LogP contribution in [0.1, 0.15) is 11.1 Å². The van der Waals surface area contributed by atoms with Gasteiger partial charge in [0.2, 0.25) is 0 Å². The van der Waals surface area contributed by atoms with Crippen LogP contribution in [0.5, 0.6) is 0 Å². The Kier molecular flexibility index (Phi) is 13.6. The van der Waals surface area contributed by atoms with Crippen LogP contribution in [0, 0.1) is 17.2 Å². The molecule has 224 valence electrons. The van der Waals surface area contributed by atoms with Gasteiger partial charge in [0.15, 0.2) is 0 Å². The van der Waals surface area contributed by atoms with Crippen molar-refractivity contribution in [1.82, 2.24) is 29.9 Å². The van der Waals surface area contributed by atoms with E-state index in [0.717, 1.165) is 39.7 Å². The molecule has 6 aromatic heterocycles. The first-order valence-corrected chi connectivity index (χ1v) is 14.4. The first kappa shape index (κ1) is 33.5. The highest BCUT2D eigenvalue weighted by Crippen LogP contribution is 2.16. The molecule has 0 unspecified atom stereocenters. The van der Waals surface area contributed by atoms with Gasteiger partial charge >= 0.3 is 0 Å². The average molecular weight is 612 g/mol. The summed E-state index contributed by atoms with van der Waals surface area (Å²) in [5, 5.41) is 0. The van der Waals surface area contributed by atoms with Crippen molar-refractivity contribution in [3.05, 3.63) is 145 Å². The van der Waals surface area contributed by atoms with Crippen molar-refractivity contribution >= 4 is 0 Å². The molecule has 44 heavy (non-hydrogen) atoms. The molecule has 0 aliphatic carbocycles. The number of nitrogens with two attached hydrogens (primary N) is 1. The summed E-state index contributed by atoms with van der Waals surface area (Å²) in [6.45, 7) is 2.57. The van der Waals surface area contributed by atoms with Crippen LogP contribution in [0.15, 0.2) is 134 Å². The van der Waals surface area contributed by atoms with E-state index in [9.17, 15) is 0 Å². The Morgan fingerprint density at radius 1 is 0.523 bits per heavy atom. The minimum Gasteiger partial charge on any atom is -0.326 e. The van der Waals surface area contributed by atoms with Gasteiger partial charge in [-0.15, -0.1) is 0 Å². The van der Waals surface area contributed by atoms with Crippen molar-refractivity contribution in [1.29, 1.82) is 0 Å². The maximum atomic E-state index is 8.60. The molecule has 6 rings (SSSR count).